The van der Waals surface area contributed by atoms with E-state index in [2.05, 4.69) is 15.9 Å². The number of nitrogens with zero attached hydrogens (tertiary/aromatic N) is 2. The van der Waals surface area contributed by atoms with E-state index in [0.717, 1.165) is 9.99 Å². The second-order valence-electron chi connectivity index (χ2n) is 4.96. The standard InChI is InChI=1S/C15H15BrN2O3/c16-11-1-2-13-12(9-11)14(19)3-4-18(13)10-15(20)17-5-7-21-8-6-17/h1-4,9H,5-8,10H2. The molecule has 1 aliphatic rings. The van der Waals surface area contributed by atoms with Gasteiger partial charge in [-0.25, -0.2) is 0 Å². The summed E-state index contributed by atoms with van der Waals surface area (Å²) in [6.07, 6.45) is 1.68. The molecule has 1 saturated heterocycles. The number of hydrogen-bond donors (Lipinski definition) is 0. The number of aromatic nitrogens is 1. The minimum absolute atomic E-state index is 0.0404. The van der Waals surface area contributed by atoms with Crippen molar-refractivity contribution in [1.29, 1.82) is 0 Å². The van der Waals surface area contributed by atoms with Crippen LogP contribution in [0.15, 0.2) is 39.7 Å². The maximum absolute atomic E-state index is 12.3. The highest BCUT2D eigenvalue weighted by molar-refractivity contribution is 9.10. The number of rotatable bonds is 2. The van der Waals surface area contributed by atoms with Crippen LogP contribution < -0.4 is 5.43 Å². The fourth-order valence-corrected chi connectivity index (χ4v) is 2.84. The first-order chi connectivity index (χ1) is 10.1. The summed E-state index contributed by atoms with van der Waals surface area (Å²) in [6, 6.07) is 7.01. The lowest BCUT2D eigenvalue weighted by Gasteiger charge is -2.27. The summed E-state index contributed by atoms with van der Waals surface area (Å²) in [5.74, 6) is 0.0474. The molecule has 0 aliphatic carbocycles. The molecule has 0 saturated carbocycles. The number of hydrogen-bond acceptors (Lipinski definition) is 3. The van der Waals surface area contributed by atoms with Gasteiger partial charge >= 0.3 is 0 Å². The molecule has 6 heteroatoms. The summed E-state index contributed by atoms with van der Waals surface area (Å²) in [4.78, 5) is 26.0. The summed E-state index contributed by atoms with van der Waals surface area (Å²) >= 11 is 3.37. The zero-order chi connectivity index (χ0) is 14.8. The number of pyridine rings is 1. The van der Waals surface area contributed by atoms with Gasteiger partial charge in [0.05, 0.1) is 18.7 Å². The van der Waals surface area contributed by atoms with Crippen LogP contribution in [0.1, 0.15) is 0 Å². The number of ether oxygens (including phenoxy) is 1. The van der Waals surface area contributed by atoms with E-state index in [4.69, 9.17) is 4.74 Å². The third kappa shape index (κ3) is 3.01. The van der Waals surface area contributed by atoms with Crippen molar-refractivity contribution in [2.24, 2.45) is 0 Å². The van der Waals surface area contributed by atoms with Crippen LogP contribution in [0.5, 0.6) is 0 Å². The molecular formula is C15H15BrN2O3. The van der Waals surface area contributed by atoms with Crippen molar-refractivity contribution in [3.05, 3.63) is 45.2 Å². The second-order valence-corrected chi connectivity index (χ2v) is 5.88. The van der Waals surface area contributed by atoms with Gasteiger partial charge in [0.25, 0.3) is 0 Å². The molecule has 2 heterocycles. The van der Waals surface area contributed by atoms with Crippen LogP contribution in [0.3, 0.4) is 0 Å². The van der Waals surface area contributed by atoms with Crippen LogP contribution in [-0.4, -0.2) is 41.7 Å². The van der Waals surface area contributed by atoms with E-state index in [1.165, 1.54) is 6.07 Å². The van der Waals surface area contributed by atoms with Gasteiger partial charge in [0.1, 0.15) is 6.54 Å². The monoisotopic (exact) mass is 350 g/mol. The van der Waals surface area contributed by atoms with E-state index in [9.17, 15) is 9.59 Å². The minimum Gasteiger partial charge on any atom is -0.378 e. The van der Waals surface area contributed by atoms with Gasteiger partial charge in [0.2, 0.25) is 5.91 Å². The Labute approximate surface area is 130 Å². The van der Waals surface area contributed by atoms with Crippen molar-refractivity contribution < 1.29 is 9.53 Å². The molecule has 0 atom stereocenters. The van der Waals surface area contributed by atoms with E-state index in [1.54, 1.807) is 17.2 Å². The lowest BCUT2D eigenvalue weighted by atomic mass is 10.2. The summed E-state index contributed by atoms with van der Waals surface area (Å²) in [7, 11) is 0. The molecule has 1 aliphatic heterocycles. The van der Waals surface area contributed by atoms with Crippen molar-refractivity contribution in [2.75, 3.05) is 26.3 Å². The molecule has 2 aromatic rings. The van der Waals surface area contributed by atoms with Gasteiger partial charge in [-0.2, -0.15) is 0 Å². The van der Waals surface area contributed by atoms with E-state index in [-0.39, 0.29) is 17.9 Å². The molecule has 1 aromatic carbocycles. The Morgan fingerprint density at radius 1 is 1.24 bits per heavy atom. The lowest BCUT2D eigenvalue weighted by Crippen LogP contribution is -2.42. The zero-order valence-corrected chi connectivity index (χ0v) is 13.0. The predicted octanol–water partition coefficient (Wildman–Crippen LogP) is 1.62. The third-order valence-corrected chi connectivity index (χ3v) is 4.10. The average Bonchev–Trinajstić information content (AvgIpc) is 2.51. The smallest absolute Gasteiger partial charge is 0.242 e. The maximum atomic E-state index is 12.3. The van der Waals surface area contributed by atoms with Gasteiger partial charge < -0.3 is 14.2 Å². The third-order valence-electron chi connectivity index (χ3n) is 3.61. The number of carbonyl (C=O) groups excluding carboxylic acids is 1. The molecule has 0 radical (unpaired) electrons. The Morgan fingerprint density at radius 3 is 2.76 bits per heavy atom. The number of morpholine rings is 1. The van der Waals surface area contributed by atoms with Crippen molar-refractivity contribution in [3.8, 4) is 0 Å². The van der Waals surface area contributed by atoms with Crippen molar-refractivity contribution in [3.63, 3.8) is 0 Å². The topological polar surface area (TPSA) is 51.5 Å². The summed E-state index contributed by atoms with van der Waals surface area (Å²) in [6.45, 7) is 2.66. The van der Waals surface area contributed by atoms with Crippen LogP contribution in [0.4, 0.5) is 0 Å². The van der Waals surface area contributed by atoms with Gasteiger partial charge in [0, 0.05) is 35.2 Å². The molecule has 110 valence electrons. The minimum atomic E-state index is -0.0404. The van der Waals surface area contributed by atoms with Crippen LogP contribution >= 0.6 is 15.9 Å². The van der Waals surface area contributed by atoms with Crippen LogP contribution in [0.2, 0.25) is 0 Å². The van der Waals surface area contributed by atoms with Crippen molar-refractivity contribution >= 4 is 32.7 Å². The Morgan fingerprint density at radius 2 is 2.00 bits per heavy atom. The normalized spacial score (nSPS) is 15.4. The SMILES string of the molecule is O=C(Cn1ccc(=O)c2cc(Br)ccc21)N1CCOCC1. The average molecular weight is 351 g/mol. The molecule has 0 spiro atoms. The fraction of sp³-hybridized carbons (Fsp3) is 0.333. The quantitative estimate of drug-likeness (QED) is 0.826. The fourth-order valence-electron chi connectivity index (χ4n) is 2.48. The maximum Gasteiger partial charge on any atom is 0.242 e. The molecule has 1 aromatic heterocycles. The first kappa shape index (κ1) is 14.3. The van der Waals surface area contributed by atoms with Crippen molar-refractivity contribution in [1.82, 2.24) is 9.47 Å². The predicted molar refractivity (Wildman–Crippen MR) is 83.3 cm³/mol. The van der Waals surface area contributed by atoms with E-state index < -0.39 is 0 Å². The Kier molecular flexibility index (Phi) is 4.07. The molecule has 21 heavy (non-hydrogen) atoms. The highest BCUT2D eigenvalue weighted by Gasteiger charge is 2.17. The zero-order valence-electron chi connectivity index (χ0n) is 11.4. The lowest BCUT2D eigenvalue weighted by molar-refractivity contribution is -0.135. The van der Waals surface area contributed by atoms with Crippen LogP contribution in [0.25, 0.3) is 10.9 Å². The highest BCUT2D eigenvalue weighted by Crippen LogP contribution is 2.17. The van der Waals surface area contributed by atoms with Gasteiger partial charge in [-0.1, -0.05) is 15.9 Å². The number of halogens is 1. The molecule has 3 rings (SSSR count). The molecular weight excluding hydrogens is 336 g/mol. The van der Waals surface area contributed by atoms with E-state index in [0.29, 0.717) is 31.7 Å². The Bertz CT molecular complexity index is 735. The van der Waals surface area contributed by atoms with Crippen LogP contribution in [0, 0.1) is 0 Å². The summed E-state index contributed by atoms with van der Waals surface area (Å²) in [5.41, 5.74) is 0.730. The molecule has 1 amide bonds. The second kappa shape index (κ2) is 5.99. The van der Waals surface area contributed by atoms with Crippen molar-refractivity contribution in [2.45, 2.75) is 6.54 Å². The molecule has 0 bridgehead atoms. The number of carbonyl (C=O) groups is 1. The molecule has 5 nitrogen and oxygen atoms in total. The first-order valence-corrected chi connectivity index (χ1v) is 7.59. The number of benzene rings is 1. The van der Waals surface area contributed by atoms with E-state index in [1.807, 2.05) is 16.7 Å². The summed E-state index contributed by atoms with van der Waals surface area (Å²) < 4.78 is 7.92. The van der Waals surface area contributed by atoms with Crippen LogP contribution in [-0.2, 0) is 16.1 Å². The van der Waals surface area contributed by atoms with Gasteiger partial charge in [0.15, 0.2) is 5.43 Å². The highest BCUT2D eigenvalue weighted by atomic mass is 79.9. The Hall–Kier alpha value is -1.66. The first-order valence-electron chi connectivity index (χ1n) is 6.79. The largest absolute Gasteiger partial charge is 0.378 e. The summed E-state index contributed by atoms with van der Waals surface area (Å²) in [5, 5.41) is 0.613. The van der Waals surface area contributed by atoms with E-state index >= 15 is 0 Å². The molecule has 1 fully saturated rings. The molecule has 0 N–H and O–H groups in total. The number of amides is 1. The Balaban J connectivity index is 1.92. The van der Waals surface area contributed by atoms with Gasteiger partial charge in [-0.05, 0) is 18.2 Å². The van der Waals surface area contributed by atoms with Gasteiger partial charge in [-0.15, -0.1) is 0 Å². The molecule has 0 unspecified atom stereocenters. The van der Waals surface area contributed by atoms with Gasteiger partial charge in [-0.3, -0.25) is 9.59 Å². The number of fused-ring (bicyclic) bond motifs is 1.